The van der Waals surface area contributed by atoms with Gasteiger partial charge in [-0.3, -0.25) is 0 Å². The van der Waals surface area contributed by atoms with Gasteiger partial charge in [-0.25, -0.2) is 0 Å². The summed E-state index contributed by atoms with van der Waals surface area (Å²) in [6.07, 6.45) is 7.44. The molecule has 0 bridgehead atoms. The summed E-state index contributed by atoms with van der Waals surface area (Å²) in [5.41, 5.74) is 2.70. The van der Waals surface area contributed by atoms with Crippen LogP contribution in [0.25, 0.3) is 0 Å². The van der Waals surface area contributed by atoms with Gasteiger partial charge in [0.25, 0.3) is 0 Å². The monoisotopic (exact) mass is 202 g/mol. The number of benzene rings is 1. The predicted molar refractivity (Wildman–Crippen MR) is 70.1 cm³/mol. The third-order valence-electron chi connectivity index (χ3n) is 1.76. The minimum absolute atomic E-state index is 1.02. The topological polar surface area (TPSA) is 0 Å². The molecule has 0 aliphatic rings. The summed E-state index contributed by atoms with van der Waals surface area (Å²) in [7, 11) is 0. The van der Waals surface area contributed by atoms with E-state index in [-0.39, 0.29) is 0 Å². The highest BCUT2D eigenvalue weighted by Crippen LogP contribution is 2.00. The maximum Gasteiger partial charge on any atom is -0.00943 e. The van der Waals surface area contributed by atoms with Crippen molar-refractivity contribution >= 4 is 0 Å². The molecule has 0 saturated carbocycles. The van der Waals surface area contributed by atoms with Crippen molar-refractivity contribution in [2.24, 2.45) is 0 Å². The van der Waals surface area contributed by atoms with Gasteiger partial charge in [0, 0.05) is 0 Å². The second-order valence-corrected chi connectivity index (χ2v) is 3.36. The lowest BCUT2D eigenvalue weighted by Crippen LogP contribution is -1.77. The molecule has 0 nitrogen and oxygen atoms in total. The van der Waals surface area contributed by atoms with E-state index in [0.29, 0.717) is 0 Å². The minimum Gasteiger partial charge on any atom is -0.0801 e. The van der Waals surface area contributed by atoms with E-state index < -0.39 is 0 Å². The van der Waals surface area contributed by atoms with Crippen LogP contribution in [0.2, 0.25) is 0 Å². The molecule has 0 radical (unpaired) electrons. The van der Waals surface area contributed by atoms with Gasteiger partial charge in [-0.05, 0) is 25.8 Å². The maximum absolute atomic E-state index is 2.18. The van der Waals surface area contributed by atoms with Gasteiger partial charge in [-0.2, -0.15) is 0 Å². The van der Waals surface area contributed by atoms with Crippen LogP contribution in [-0.2, 0) is 6.42 Å². The third-order valence-corrected chi connectivity index (χ3v) is 1.76. The summed E-state index contributed by atoms with van der Waals surface area (Å²) < 4.78 is 0. The Hall–Kier alpha value is -1.30. The zero-order chi connectivity index (χ0) is 11.5. The van der Waals surface area contributed by atoms with Gasteiger partial charge in [0.2, 0.25) is 0 Å². The standard InChI is InChI=1S/C13H16.C2H6/c1-12(2)8-6-7-11-13-9-4-3-5-10-13;1-2/h3-10H,11H2,1-2H3;1-2H3/b7-6-;. The van der Waals surface area contributed by atoms with Gasteiger partial charge in [0.1, 0.15) is 0 Å². The largest absolute Gasteiger partial charge is 0.0801 e. The highest BCUT2D eigenvalue weighted by molar-refractivity contribution is 5.19. The van der Waals surface area contributed by atoms with Crippen LogP contribution in [0.1, 0.15) is 33.3 Å². The molecular weight excluding hydrogens is 180 g/mol. The highest BCUT2D eigenvalue weighted by Gasteiger charge is 1.84. The molecule has 1 rings (SSSR count). The molecule has 0 aliphatic carbocycles. The lowest BCUT2D eigenvalue weighted by atomic mass is 10.1. The molecule has 0 saturated heterocycles. The Bertz CT molecular complexity index is 287. The molecule has 1 aromatic rings. The summed E-state index contributed by atoms with van der Waals surface area (Å²) >= 11 is 0. The van der Waals surface area contributed by atoms with Gasteiger partial charge in [0.05, 0.1) is 0 Å². The van der Waals surface area contributed by atoms with Gasteiger partial charge >= 0.3 is 0 Å². The third kappa shape index (κ3) is 7.75. The molecule has 0 fully saturated rings. The van der Waals surface area contributed by atoms with Gasteiger partial charge in [-0.15, -0.1) is 0 Å². The van der Waals surface area contributed by atoms with Crippen molar-refractivity contribution < 1.29 is 0 Å². The smallest absolute Gasteiger partial charge is 0.00943 e. The number of hydrogen-bond acceptors (Lipinski definition) is 0. The van der Waals surface area contributed by atoms with E-state index in [2.05, 4.69) is 56.3 Å². The van der Waals surface area contributed by atoms with Crippen LogP contribution in [0.4, 0.5) is 0 Å². The van der Waals surface area contributed by atoms with E-state index >= 15 is 0 Å². The Morgan fingerprint density at radius 3 is 2.20 bits per heavy atom. The molecule has 0 aromatic heterocycles. The Kier molecular flexibility index (Phi) is 8.46. The van der Waals surface area contributed by atoms with Crippen LogP contribution < -0.4 is 0 Å². The van der Waals surface area contributed by atoms with E-state index in [1.165, 1.54) is 11.1 Å². The van der Waals surface area contributed by atoms with Gasteiger partial charge in [0.15, 0.2) is 0 Å². The molecule has 0 unspecified atom stereocenters. The van der Waals surface area contributed by atoms with E-state index in [0.717, 1.165) is 6.42 Å². The van der Waals surface area contributed by atoms with Crippen molar-refractivity contribution in [3.8, 4) is 0 Å². The zero-order valence-electron chi connectivity index (χ0n) is 10.3. The molecule has 0 atom stereocenters. The van der Waals surface area contributed by atoms with Crippen molar-refractivity contribution in [1.29, 1.82) is 0 Å². The molecule has 0 N–H and O–H groups in total. The maximum atomic E-state index is 2.18. The van der Waals surface area contributed by atoms with Gasteiger partial charge in [-0.1, -0.05) is 68.0 Å². The lowest BCUT2D eigenvalue weighted by molar-refractivity contribution is 1.27. The fourth-order valence-corrected chi connectivity index (χ4v) is 1.08. The second-order valence-electron chi connectivity index (χ2n) is 3.36. The number of rotatable bonds is 3. The van der Waals surface area contributed by atoms with E-state index in [1.807, 2.05) is 19.9 Å². The van der Waals surface area contributed by atoms with Crippen LogP contribution in [0, 0.1) is 0 Å². The normalized spacial score (nSPS) is 9.33. The van der Waals surface area contributed by atoms with Crippen LogP contribution in [-0.4, -0.2) is 0 Å². The van der Waals surface area contributed by atoms with Crippen LogP contribution in [0.5, 0.6) is 0 Å². The minimum atomic E-state index is 1.02. The summed E-state index contributed by atoms with van der Waals surface area (Å²) in [5, 5.41) is 0. The van der Waals surface area contributed by atoms with Crippen molar-refractivity contribution in [2.75, 3.05) is 0 Å². The van der Waals surface area contributed by atoms with E-state index in [9.17, 15) is 0 Å². The van der Waals surface area contributed by atoms with Crippen molar-refractivity contribution in [3.05, 3.63) is 59.7 Å². The van der Waals surface area contributed by atoms with E-state index in [4.69, 9.17) is 0 Å². The summed E-state index contributed by atoms with van der Waals surface area (Å²) in [6.45, 7) is 8.21. The number of allylic oxidation sites excluding steroid dienone is 4. The van der Waals surface area contributed by atoms with Crippen molar-refractivity contribution in [3.63, 3.8) is 0 Å². The van der Waals surface area contributed by atoms with Crippen LogP contribution in [0.3, 0.4) is 0 Å². The Labute approximate surface area is 94.3 Å². The summed E-state index contributed by atoms with van der Waals surface area (Å²) in [5.74, 6) is 0. The molecule has 15 heavy (non-hydrogen) atoms. The molecule has 0 aliphatic heterocycles. The molecule has 0 heteroatoms. The fourth-order valence-electron chi connectivity index (χ4n) is 1.08. The Morgan fingerprint density at radius 2 is 1.67 bits per heavy atom. The summed E-state index contributed by atoms with van der Waals surface area (Å²) in [4.78, 5) is 0. The first-order valence-corrected chi connectivity index (χ1v) is 5.63. The van der Waals surface area contributed by atoms with Crippen molar-refractivity contribution in [2.45, 2.75) is 34.1 Å². The lowest BCUT2D eigenvalue weighted by Gasteiger charge is -1.92. The zero-order valence-corrected chi connectivity index (χ0v) is 10.3. The first kappa shape index (κ1) is 13.7. The van der Waals surface area contributed by atoms with Gasteiger partial charge < -0.3 is 0 Å². The number of hydrogen-bond donors (Lipinski definition) is 0. The first-order chi connectivity index (χ1) is 7.29. The Balaban J connectivity index is 0.000000921. The molecule has 1 aromatic carbocycles. The van der Waals surface area contributed by atoms with E-state index in [1.54, 1.807) is 0 Å². The fraction of sp³-hybridized carbons (Fsp3) is 0.333. The molecule has 82 valence electrons. The van der Waals surface area contributed by atoms with Crippen LogP contribution in [0.15, 0.2) is 54.1 Å². The predicted octanol–water partition coefficient (Wildman–Crippen LogP) is 4.78. The average molecular weight is 202 g/mol. The SMILES string of the molecule is CC.CC(C)=C/C=C\Cc1ccccc1. The summed E-state index contributed by atoms with van der Waals surface area (Å²) in [6, 6.07) is 10.5. The molecule has 0 spiro atoms. The molecule has 0 heterocycles. The average Bonchev–Trinajstić information content (AvgIpc) is 2.28. The van der Waals surface area contributed by atoms with Crippen LogP contribution >= 0.6 is 0 Å². The Morgan fingerprint density at radius 1 is 1.07 bits per heavy atom. The first-order valence-electron chi connectivity index (χ1n) is 5.63. The molecule has 0 amide bonds. The molecular formula is C15H22. The van der Waals surface area contributed by atoms with Crippen molar-refractivity contribution in [1.82, 2.24) is 0 Å². The highest BCUT2D eigenvalue weighted by atomic mass is 13.9. The quantitative estimate of drug-likeness (QED) is 0.619. The second kappa shape index (κ2) is 9.26.